The van der Waals surface area contributed by atoms with Crippen molar-refractivity contribution in [2.45, 2.75) is 12.0 Å². The summed E-state index contributed by atoms with van der Waals surface area (Å²) < 4.78 is 27.4. The standard InChI is InChI=1S/C9H6ClNO5S/c1-5-7-4-6(11(12)13)2-3-8(7)16-9(5)17(10,14)15/h2-4H,1H3. The largest absolute Gasteiger partial charge is 0.443 e. The fraction of sp³-hybridized carbons (Fsp3) is 0.111. The maximum Gasteiger partial charge on any atom is 0.294 e. The molecule has 0 aliphatic rings. The van der Waals surface area contributed by atoms with Crippen LogP contribution in [0.15, 0.2) is 27.7 Å². The molecule has 0 unspecified atom stereocenters. The highest BCUT2D eigenvalue weighted by molar-refractivity contribution is 8.13. The van der Waals surface area contributed by atoms with Gasteiger partial charge in [0.25, 0.3) is 14.7 Å². The summed E-state index contributed by atoms with van der Waals surface area (Å²) in [4.78, 5) is 10.0. The summed E-state index contributed by atoms with van der Waals surface area (Å²) in [5.74, 6) is 0. The lowest BCUT2D eigenvalue weighted by Gasteiger charge is -1.91. The summed E-state index contributed by atoms with van der Waals surface area (Å²) in [6.45, 7) is 1.48. The molecule has 1 aromatic carbocycles. The van der Waals surface area contributed by atoms with E-state index in [9.17, 15) is 18.5 Å². The van der Waals surface area contributed by atoms with Crippen molar-refractivity contribution in [3.05, 3.63) is 33.9 Å². The molecule has 6 nitrogen and oxygen atoms in total. The number of furan rings is 1. The van der Waals surface area contributed by atoms with Crippen LogP contribution in [0.1, 0.15) is 5.56 Å². The minimum atomic E-state index is -3.99. The molecule has 2 rings (SSSR count). The normalized spacial score (nSPS) is 11.9. The van der Waals surface area contributed by atoms with Crippen LogP contribution in [-0.2, 0) is 9.05 Å². The Labute approximate surface area is 100 Å². The number of hydrogen-bond donors (Lipinski definition) is 0. The van der Waals surface area contributed by atoms with E-state index in [1.54, 1.807) is 0 Å². The number of aryl methyl sites for hydroxylation is 1. The average molecular weight is 276 g/mol. The quantitative estimate of drug-likeness (QED) is 0.477. The molecular formula is C9H6ClNO5S. The van der Waals surface area contributed by atoms with E-state index in [0.717, 1.165) is 0 Å². The highest BCUT2D eigenvalue weighted by atomic mass is 35.7. The van der Waals surface area contributed by atoms with Crippen molar-refractivity contribution < 1.29 is 17.8 Å². The molecule has 0 radical (unpaired) electrons. The van der Waals surface area contributed by atoms with Crippen LogP contribution in [0.25, 0.3) is 11.0 Å². The van der Waals surface area contributed by atoms with Gasteiger partial charge < -0.3 is 4.42 Å². The van der Waals surface area contributed by atoms with E-state index in [2.05, 4.69) is 0 Å². The minimum Gasteiger partial charge on any atom is -0.443 e. The van der Waals surface area contributed by atoms with Gasteiger partial charge in [-0.25, -0.2) is 8.42 Å². The zero-order valence-corrected chi connectivity index (χ0v) is 10.1. The van der Waals surface area contributed by atoms with E-state index in [1.165, 1.54) is 25.1 Å². The molecule has 0 saturated heterocycles. The first-order chi connectivity index (χ1) is 7.80. The predicted octanol–water partition coefficient (Wildman–Crippen LogP) is 2.58. The Morgan fingerprint density at radius 1 is 1.41 bits per heavy atom. The summed E-state index contributed by atoms with van der Waals surface area (Å²) in [6, 6.07) is 3.82. The Morgan fingerprint density at radius 3 is 2.59 bits per heavy atom. The number of nitrogens with zero attached hydrogens (tertiary/aromatic N) is 1. The van der Waals surface area contributed by atoms with E-state index in [0.29, 0.717) is 5.39 Å². The van der Waals surface area contributed by atoms with Gasteiger partial charge in [0.15, 0.2) is 0 Å². The maximum atomic E-state index is 11.2. The molecule has 0 spiro atoms. The topological polar surface area (TPSA) is 90.4 Å². The summed E-state index contributed by atoms with van der Waals surface area (Å²) >= 11 is 0. The van der Waals surface area contributed by atoms with Crippen molar-refractivity contribution >= 4 is 36.4 Å². The van der Waals surface area contributed by atoms with E-state index in [4.69, 9.17) is 15.1 Å². The number of benzene rings is 1. The van der Waals surface area contributed by atoms with Crippen LogP contribution in [0.5, 0.6) is 0 Å². The highest BCUT2D eigenvalue weighted by Gasteiger charge is 2.22. The van der Waals surface area contributed by atoms with Crippen LogP contribution in [-0.4, -0.2) is 13.3 Å². The number of rotatable bonds is 2. The zero-order chi connectivity index (χ0) is 12.8. The number of nitro benzene ring substituents is 1. The summed E-state index contributed by atoms with van der Waals surface area (Å²) in [7, 11) is 1.19. The first-order valence-corrected chi connectivity index (χ1v) is 6.74. The summed E-state index contributed by atoms with van der Waals surface area (Å²) in [5.41, 5.74) is 0.367. The van der Waals surface area contributed by atoms with E-state index in [1.807, 2.05) is 0 Å². The van der Waals surface area contributed by atoms with Crippen LogP contribution >= 0.6 is 10.7 Å². The van der Waals surface area contributed by atoms with Crippen molar-refractivity contribution in [2.75, 3.05) is 0 Å². The Hall–Kier alpha value is -1.60. The number of hydrogen-bond acceptors (Lipinski definition) is 5. The van der Waals surface area contributed by atoms with Crippen LogP contribution < -0.4 is 0 Å². The van der Waals surface area contributed by atoms with Gasteiger partial charge >= 0.3 is 0 Å². The van der Waals surface area contributed by atoms with Gasteiger partial charge in [-0.05, 0) is 13.0 Å². The second-order valence-corrected chi connectivity index (χ2v) is 5.86. The fourth-order valence-corrected chi connectivity index (χ4v) is 2.64. The molecule has 0 bridgehead atoms. The van der Waals surface area contributed by atoms with Crippen LogP contribution in [0, 0.1) is 17.0 Å². The molecule has 1 heterocycles. The Balaban J connectivity index is 2.80. The lowest BCUT2D eigenvalue weighted by atomic mass is 10.2. The molecule has 1 aromatic heterocycles. The molecule has 0 N–H and O–H groups in total. The molecule has 0 fully saturated rings. The molecule has 90 valence electrons. The molecule has 0 saturated carbocycles. The van der Waals surface area contributed by atoms with Crippen molar-refractivity contribution in [1.29, 1.82) is 0 Å². The minimum absolute atomic E-state index is 0.139. The number of nitro groups is 1. The van der Waals surface area contributed by atoms with Crippen molar-refractivity contribution in [3.8, 4) is 0 Å². The summed E-state index contributed by atoms with van der Waals surface area (Å²) in [5, 5.41) is 10.6. The third-order valence-corrected chi connectivity index (χ3v) is 3.56. The molecular weight excluding hydrogens is 270 g/mol. The molecule has 8 heteroatoms. The molecule has 2 aromatic rings. The van der Waals surface area contributed by atoms with Gasteiger partial charge in [0.1, 0.15) is 5.58 Å². The van der Waals surface area contributed by atoms with Crippen molar-refractivity contribution in [1.82, 2.24) is 0 Å². The van der Waals surface area contributed by atoms with E-state index < -0.39 is 14.0 Å². The third-order valence-electron chi connectivity index (χ3n) is 2.31. The second-order valence-electron chi connectivity index (χ2n) is 3.39. The first-order valence-electron chi connectivity index (χ1n) is 4.43. The van der Waals surface area contributed by atoms with Gasteiger partial charge in [-0.2, -0.15) is 0 Å². The number of halogens is 1. The van der Waals surface area contributed by atoms with E-state index >= 15 is 0 Å². The van der Waals surface area contributed by atoms with Gasteiger partial charge in [-0.3, -0.25) is 10.1 Å². The molecule has 0 atom stereocenters. The predicted molar refractivity (Wildman–Crippen MR) is 60.6 cm³/mol. The molecule has 0 amide bonds. The number of fused-ring (bicyclic) bond motifs is 1. The second kappa shape index (κ2) is 3.71. The lowest BCUT2D eigenvalue weighted by molar-refractivity contribution is -0.384. The smallest absolute Gasteiger partial charge is 0.294 e. The van der Waals surface area contributed by atoms with Crippen molar-refractivity contribution in [2.24, 2.45) is 0 Å². The zero-order valence-electron chi connectivity index (χ0n) is 8.51. The Morgan fingerprint density at radius 2 is 2.06 bits per heavy atom. The van der Waals surface area contributed by atoms with E-state index in [-0.39, 0.29) is 21.9 Å². The van der Waals surface area contributed by atoms with Crippen LogP contribution in [0.2, 0.25) is 0 Å². The highest BCUT2D eigenvalue weighted by Crippen LogP contribution is 2.32. The van der Waals surface area contributed by atoms with Gasteiger partial charge in [0, 0.05) is 33.8 Å². The molecule has 0 aliphatic heterocycles. The van der Waals surface area contributed by atoms with Gasteiger partial charge in [0.05, 0.1) is 4.92 Å². The fourth-order valence-electron chi connectivity index (χ4n) is 1.53. The number of non-ortho nitro benzene ring substituents is 1. The third kappa shape index (κ3) is 1.98. The summed E-state index contributed by atoms with van der Waals surface area (Å²) in [6.07, 6.45) is 0. The van der Waals surface area contributed by atoms with Crippen LogP contribution in [0.4, 0.5) is 5.69 Å². The SMILES string of the molecule is Cc1c(S(=O)(=O)Cl)oc2ccc([N+](=O)[O-])cc12. The first kappa shape index (κ1) is 11.9. The van der Waals surface area contributed by atoms with Crippen molar-refractivity contribution in [3.63, 3.8) is 0 Å². The average Bonchev–Trinajstić information content (AvgIpc) is 2.55. The lowest BCUT2D eigenvalue weighted by Crippen LogP contribution is -1.89. The molecule has 0 aliphatic carbocycles. The van der Waals surface area contributed by atoms with Gasteiger partial charge in [0.2, 0.25) is 5.09 Å². The van der Waals surface area contributed by atoms with Gasteiger partial charge in [-0.1, -0.05) is 0 Å². The molecule has 17 heavy (non-hydrogen) atoms. The Kier molecular flexibility index (Phi) is 2.59. The Bertz CT molecular complexity index is 718. The maximum absolute atomic E-state index is 11.2. The van der Waals surface area contributed by atoms with Gasteiger partial charge in [-0.15, -0.1) is 0 Å². The monoisotopic (exact) mass is 275 g/mol. The van der Waals surface area contributed by atoms with Crippen LogP contribution in [0.3, 0.4) is 0 Å².